The largest absolute Gasteiger partial charge is 0.468 e. The summed E-state index contributed by atoms with van der Waals surface area (Å²) in [6.07, 6.45) is 5.33. The molecule has 10 nitrogen and oxygen atoms in total. The Morgan fingerprint density at radius 3 is 2.55 bits per heavy atom. The van der Waals surface area contributed by atoms with Gasteiger partial charge in [-0.3, -0.25) is 9.88 Å². The maximum Gasteiger partial charge on any atom is 0.410 e. The van der Waals surface area contributed by atoms with Crippen LogP contribution in [0, 0.1) is 23.1 Å². The normalized spacial score (nSPS) is 19.6. The Morgan fingerprint density at radius 2 is 1.90 bits per heavy atom. The van der Waals surface area contributed by atoms with Gasteiger partial charge in [-0.05, 0) is 87.3 Å². The minimum Gasteiger partial charge on any atom is -0.468 e. The van der Waals surface area contributed by atoms with Crippen LogP contribution in [0.1, 0.15) is 64.8 Å². The van der Waals surface area contributed by atoms with Crippen LogP contribution in [0.5, 0.6) is 5.75 Å². The first-order valence-electron chi connectivity index (χ1n) is 17.0. The molecule has 2 aromatic heterocycles. The summed E-state index contributed by atoms with van der Waals surface area (Å²) in [7, 11) is 1.55. The van der Waals surface area contributed by atoms with Gasteiger partial charge in [0.1, 0.15) is 28.4 Å². The fraction of sp³-hybridized carbons (Fsp3) is 0.474. The lowest BCUT2D eigenvalue weighted by Crippen LogP contribution is -2.57. The number of anilines is 1. The quantitative estimate of drug-likeness (QED) is 0.181. The third-order valence-electron chi connectivity index (χ3n) is 9.66. The van der Waals surface area contributed by atoms with Crippen molar-refractivity contribution in [3.05, 3.63) is 53.7 Å². The number of nitrogens with zero attached hydrogens (tertiary/aromatic N) is 5. The molecule has 1 saturated carbocycles. The Bertz CT molecular complexity index is 1980. The van der Waals surface area contributed by atoms with Gasteiger partial charge in [-0.1, -0.05) is 31.0 Å². The van der Waals surface area contributed by atoms with Gasteiger partial charge in [-0.25, -0.2) is 19.2 Å². The number of aromatic nitrogens is 3. The maximum atomic E-state index is 17.1. The number of piperazine rings is 1. The van der Waals surface area contributed by atoms with Crippen LogP contribution >= 0.6 is 0 Å². The lowest BCUT2D eigenvalue weighted by atomic mass is 9.95. The number of methoxy groups -OCH3 is 1. The van der Waals surface area contributed by atoms with Crippen molar-refractivity contribution in [3.8, 4) is 28.8 Å². The van der Waals surface area contributed by atoms with Gasteiger partial charge >= 0.3 is 6.09 Å². The number of aliphatic hydroxyl groups is 1. The Balaban J connectivity index is 1.36. The van der Waals surface area contributed by atoms with Gasteiger partial charge in [-0.2, -0.15) is 0 Å². The summed E-state index contributed by atoms with van der Waals surface area (Å²) in [5.74, 6) is 6.87. The average Bonchev–Trinajstić information content (AvgIpc) is 3.82. The molecule has 11 heteroatoms. The van der Waals surface area contributed by atoms with E-state index in [2.05, 4.69) is 28.6 Å². The van der Waals surface area contributed by atoms with Crippen molar-refractivity contribution in [2.24, 2.45) is 5.41 Å². The summed E-state index contributed by atoms with van der Waals surface area (Å²) in [5, 5.41) is 12.2. The van der Waals surface area contributed by atoms with Gasteiger partial charge in [0.2, 0.25) is 5.82 Å². The number of carbonyl (C=O) groups is 1. The molecule has 49 heavy (non-hydrogen) atoms. The summed E-state index contributed by atoms with van der Waals surface area (Å²) in [6.45, 7) is 8.67. The van der Waals surface area contributed by atoms with Crippen LogP contribution in [-0.4, -0.2) is 82.3 Å². The number of pyridine rings is 1. The summed E-state index contributed by atoms with van der Waals surface area (Å²) in [4.78, 5) is 31.4. The van der Waals surface area contributed by atoms with Crippen molar-refractivity contribution in [2.45, 2.75) is 77.5 Å². The first-order chi connectivity index (χ1) is 23.5. The molecule has 2 aliphatic heterocycles. The fourth-order valence-electron chi connectivity index (χ4n) is 7.05. The van der Waals surface area contributed by atoms with Crippen LogP contribution in [-0.2, 0) is 15.9 Å². The number of halogens is 1. The number of amides is 1. The number of aliphatic hydroxyl groups excluding tert-OH is 1. The van der Waals surface area contributed by atoms with E-state index < -0.39 is 16.8 Å². The Kier molecular flexibility index (Phi) is 8.57. The molecule has 2 bridgehead atoms. The number of fused-ring (bicyclic) bond motifs is 4. The third-order valence-corrected chi connectivity index (χ3v) is 9.66. The van der Waals surface area contributed by atoms with Crippen LogP contribution in [0.3, 0.4) is 0 Å². The van der Waals surface area contributed by atoms with Crippen LogP contribution in [0.2, 0.25) is 0 Å². The zero-order chi connectivity index (χ0) is 34.5. The van der Waals surface area contributed by atoms with Crippen molar-refractivity contribution in [1.82, 2.24) is 19.9 Å². The van der Waals surface area contributed by atoms with Gasteiger partial charge in [0.15, 0.2) is 12.6 Å². The van der Waals surface area contributed by atoms with E-state index in [1.54, 1.807) is 19.4 Å². The van der Waals surface area contributed by atoms with Gasteiger partial charge in [0.05, 0.1) is 29.5 Å². The van der Waals surface area contributed by atoms with Gasteiger partial charge in [-0.15, -0.1) is 0 Å². The first kappa shape index (κ1) is 33.0. The molecule has 2 aromatic carbocycles. The molecule has 1 N–H and O–H groups in total. The standard InChI is InChI=1S/C38H42FN5O5/c1-6-23-8-7-9-24-16-27(48-22-47-5)17-28(31(23)24)33-32(39)34-29(18-40-33)35(42-30(41-34)12-13-38(21-45)14-15-38)43-19-25-10-11-26(20-43)44(25)36(46)49-37(2,3)4/h7-9,16-18,25-26,45H,6,10-11,14-15,19-22H2,1-5H3. The number of carbonyl (C=O) groups excluding carboxylic acids is 1. The number of ether oxygens (including phenoxy) is 3. The Labute approximate surface area is 285 Å². The van der Waals surface area contributed by atoms with E-state index in [0.717, 1.165) is 48.4 Å². The smallest absolute Gasteiger partial charge is 0.410 e. The van der Waals surface area contributed by atoms with E-state index in [9.17, 15) is 9.90 Å². The second-order valence-electron chi connectivity index (χ2n) is 14.3. The zero-order valence-electron chi connectivity index (χ0n) is 28.7. The van der Waals surface area contributed by atoms with E-state index in [0.29, 0.717) is 35.6 Å². The molecule has 2 unspecified atom stereocenters. The van der Waals surface area contributed by atoms with E-state index in [1.165, 1.54) is 0 Å². The highest BCUT2D eigenvalue weighted by Gasteiger charge is 2.45. The number of hydrogen-bond acceptors (Lipinski definition) is 9. The molecule has 4 heterocycles. The van der Waals surface area contributed by atoms with E-state index in [1.807, 2.05) is 49.9 Å². The zero-order valence-corrected chi connectivity index (χ0v) is 28.7. The SMILES string of the molecule is CCc1cccc2cc(OCOC)cc(-c3ncc4c(N5CC6CCC(C5)N6C(=O)OC(C)(C)C)nc(C#CC5(CO)CC5)nc4c3F)c12. The van der Waals surface area contributed by atoms with E-state index in [-0.39, 0.29) is 48.6 Å². The van der Waals surface area contributed by atoms with Gasteiger partial charge < -0.3 is 24.2 Å². The van der Waals surface area contributed by atoms with Crippen molar-refractivity contribution in [3.63, 3.8) is 0 Å². The fourth-order valence-corrected chi connectivity index (χ4v) is 7.05. The predicted octanol–water partition coefficient (Wildman–Crippen LogP) is 6.24. The molecular weight excluding hydrogens is 625 g/mol. The minimum absolute atomic E-state index is 0.0448. The molecule has 3 fully saturated rings. The van der Waals surface area contributed by atoms with Crippen molar-refractivity contribution in [1.29, 1.82) is 0 Å². The topological polar surface area (TPSA) is 110 Å². The van der Waals surface area contributed by atoms with Crippen LogP contribution < -0.4 is 9.64 Å². The molecule has 256 valence electrons. The highest BCUT2D eigenvalue weighted by atomic mass is 19.1. The molecule has 4 aromatic rings. The first-order valence-corrected chi connectivity index (χ1v) is 17.0. The Hall–Kier alpha value is -4.53. The van der Waals surface area contributed by atoms with Crippen molar-refractivity contribution < 1.29 is 28.5 Å². The number of hydrogen-bond donors (Lipinski definition) is 1. The minimum atomic E-state index is -0.600. The number of aryl methyl sites for hydroxylation is 1. The molecule has 2 atom stereocenters. The lowest BCUT2D eigenvalue weighted by molar-refractivity contribution is 0.0123. The number of rotatable bonds is 7. The van der Waals surface area contributed by atoms with Crippen molar-refractivity contribution >= 4 is 33.6 Å². The molecular formula is C38H42FN5O5. The van der Waals surface area contributed by atoms with Crippen LogP contribution in [0.15, 0.2) is 36.5 Å². The highest BCUT2D eigenvalue weighted by molar-refractivity contribution is 6.01. The summed E-state index contributed by atoms with van der Waals surface area (Å²) < 4.78 is 33.8. The second kappa shape index (κ2) is 12.7. The van der Waals surface area contributed by atoms with Gasteiger partial charge in [0, 0.05) is 32.0 Å². The molecule has 2 saturated heterocycles. The van der Waals surface area contributed by atoms with Crippen LogP contribution in [0.4, 0.5) is 15.0 Å². The summed E-state index contributed by atoms with van der Waals surface area (Å²) in [5.41, 5.74) is 0.844. The molecule has 0 spiro atoms. The monoisotopic (exact) mass is 667 g/mol. The Morgan fingerprint density at radius 1 is 1.14 bits per heavy atom. The highest BCUT2D eigenvalue weighted by Crippen LogP contribution is 2.44. The second-order valence-corrected chi connectivity index (χ2v) is 14.3. The molecule has 1 amide bonds. The average molecular weight is 668 g/mol. The summed E-state index contributed by atoms with van der Waals surface area (Å²) >= 11 is 0. The number of benzene rings is 2. The molecule has 3 aliphatic rings. The predicted molar refractivity (Wildman–Crippen MR) is 185 cm³/mol. The van der Waals surface area contributed by atoms with Gasteiger partial charge in [0.25, 0.3) is 0 Å². The molecule has 1 aliphatic carbocycles. The van der Waals surface area contributed by atoms with Crippen molar-refractivity contribution in [2.75, 3.05) is 38.5 Å². The van der Waals surface area contributed by atoms with E-state index in [4.69, 9.17) is 24.2 Å². The van der Waals surface area contributed by atoms with Crippen LogP contribution in [0.25, 0.3) is 32.9 Å². The molecule has 7 rings (SSSR count). The lowest BCUT2D eigenvalue weighted by Gasteiger charge is -2.42. The van der Waals surface area contributed by atoms with E-state index >= 15 is 4.39 Å². The molecule has 0 radical (unpaired) electrons. The summed E-state index contributed by atoms with van der Waals surface area (Å²) in [6, 6.07) is 9.55. The third kappa shape index (κ3) is 6.35. The maximum absolute atomic E-state index is 17.1.